The van der Waals surface area contributed by atoms with Crippen LogP contribution in [0.5, 0.6) is 5.75 Å². The normalized spacial score (nSPS) is 16.3. The molecule has 2 aromatic rings. The van der Waals surface area contributed by atoms with E-state index < -0.39 is 6.10 Å². The lowest BCUT2D eigenvalue weighted by Crippen LogP contribution is -3.16. The van der Waals surface area contributed by atoms with E-state index in [1.54, 1.807) is 0 Å². The molecule has 1 aliphatic rings. The number of hydrogen-bond donors (Lipinski definition) is 2. The molecule has 1 fully saturated rings. The number of halogens is 1. The molecule has 0 aliphatic carbocycles. The quantitative estimate of drug-likeness (QED) is 0.726. The minimum Gasteiger partial charge on any atom is -0.490 e. The highest BCUT2D eigenvalue weighted by Gasteiger charge is 2.24. The van der Waals surface area contributed by atoms with Crippen LogP contribution in [0.1, 0.15) is 36.5 Å². The summed E-state index contributed by atoms with van der Waals surface area (Å²) in [4.78, 5) is 3.82. The number of nitrogens with one attached hydrogen (secondary N) is 1. The largest absolute Gasteiger partial charge is 0.490 e. The van der Waals surface area contributed by atoms with Gasteiger partial charge in [-0.15, -0.1) is 0 Å². The van der Waals surface area contributed by atoms with Crippen LogP contribution in [0.3, 0.4) is 0 Å². The van der Waals surface area contributed by atoms with Crippen LogP contribution >= 0.6 is 11.6 Å². The van der Waals surface area contributed by atoms with E-state index >= 15 is 0 Å². The number of aliphatic hydroxyl groups is 1. The van der Waals surface area contributed by atoms with Gasteiger partial charge in [0.05, 0.1) is 26.2 Å². The molecule has 29 heavy (non-hydrogen) atoms. The van der Waals surface area contributed by atoms with E-state index in [1.807, 2.05) is 6.07 Å². The number of hydrogen-bond acceptors (Lipinski definition) is 3. The summed E-state index contributed by atoms with van der Waals surface area (Å²) >= 11 is 6.18. The summed E-state index contributed by atoms with van der Waals surface area (Å²) in [6, 6.07) is 12.4. The van der Waals surface area contributed by atoms with Crippen molar-refractivity contribution in [3.05, 3.63) is 58.1 Å². The second-order valence-electron chi connectivity index (χ2n) is 8.53. The molecule has 0 bridgehead atoms. The lowest BCUT2D eigenvalue weighted by molar-refractivity contribution is -0.903. The van der Waals surface area contributed by atoms with Crippen molar-refractivity contribution in [1.82, 2.24) is 0 Å². The zero-order chi connectivity index (χ0) is 21.0. The third kappa shape index (κ3) is 5.88. The smallest absolute Gasteiger partial charge is 0.137 e. The van der Waals surface area contributed by atoms with Gasteiger partial charge in [0.15, 0.2) is 0 Å². The minimum absolute atomic E-state index is 0.337. The van der Waals surface area contributed by atoms with Gasteiger partial charge in [0.1, 0.15) is 25.0 Å². The summed E-state index contributed by atoms with van der Waals surface area (Å²) in [6.07, 6.45) is -0.468. The highest BCUT2D eigenvalue weighted by atomic mass is 35.5. The van der Waals surface area contributed by atoms with Gasteiger partial charge in [-0.2, -0.15) is 0 Å². The Balaban J connectivity index is 1.50. The Bertz CT molecular complexity index is 817. The summed E-state index contributed by atoms with van der Waals surface area (Å²) in [7, 11) is 0. The Morgan fingerprint density at radius 1 is 1.10 bits per heavy atom. The van der Waals surface area contributed by atoms with Gasteiger partial charge in [0.2, 0.25) is 0 Å². The third-order valence-electron chi connectivity index (χ3n) is 5.73. The molecular formula is C24H34ClN2O2+. The third-order valence-corrected chi connectivity index (χ3v) is 5.96. The summed E-state index contributed by atoms with van der Waals surface area (Å²) in [5, 5.41) is 11.3. The number of aryl methyl sites for hydroxylation is 2. The van der Waals surface area contributed by atoms with Gasteiger partial charge in [-0.25, -0.2) is 0 Å². The zero-order valence-electron chi connectivity index (χ0n) is 18.0. The van der Waals surface area contributed by atoms with E-state index in [0.29, 0.717) is 19.1 Å². The molecule has 0 aromatic heterocycles. The van der Waals surface area contributed by atoms with Gasteiger partial charge in [-0.1, -0.05) is 43.6 Å². The Morgan fingerprint density at radius 3 is 2.52 bits per heavy atom. The van der Waals surface area contributed by atoms with E-state index in [0.717, 1.165) is 37.0 Å². The molecule has 1 saturated heterocycles. The van der Waals surface area contributed by atoms with E-state index in [4.69, 9.17) is 16.3 Å². The van der Waals surface area contributed by atoms with Gasteiger partial charge in [0, 0.05) is 10.7 Å². The predicted octanol–water partition coefficient (Wildman–Crippen LogP) is 3.23. The number of ether oxygens (including phenoxy) is 1. The summed E-state index contributed by atoms with van der Waals surface area (Å²) < 4.78 is 6.01. The fourth-order valence-corrected chi connectivity index (χ4v) is 4.18. The fourth-order valence-electron chi connectivity index (χ4n) is 4.01. The molecule has 158 valence electrons. The second kappa shape index (κ2) is 9.84. The highest BCUT2D eigenvalue weighted by Crippen LogP contribution is 2.27. The minimum atomic E-state index is -0.468. The van der Waals surface area contributed by atoms with Crippen molar-refractivity contribution >= 4 is 17.3 Å². The molecule has 1 aliphatic heterocycles. The first-order chi connectivity index (χ1) is 13.8. The number of anilines is 1. The van der Waals surface area contributed by atoms with Crippen molar-refractivity contribution in [3.8, 4) is 5.75 Å². The highest BCUT2D eigenvalue weighted by molar-refractivity contribution is 6.30. The molecule has 0 spiro atoms. The van der Waals surface area contributed by atoms with Crippen molar-refractivity contribution < 1.29 is 14.7 Å². The first kappa shape index (κ1) is 21.9. The van der Waals surface area contributed by atoms with Crippen LogP contribution in [-0.4, -0.2) is 50.5 Å². The predicted molar refractivity (Wildman–Crippen MR) is 121 cm³/mol. The summed E-state index contributed by atoms with van der Waals surface area (Å²) in [5.74, 6) is 1.30. The van der Waals surface area contributed by atoms with E-state index in [9.17, 15) is 5.11 Å². The van der Waals surface area contributed by atoms with E-state index in [-0.39, 0.29) is 0 Å². The number of quaternary nitrogens is 1. The van der Waals surface area contributed by atoms with E-state index in [1.165, 1.54) is 27.3 Å². The Morgan fingerprint density at radius 2 is 1.83 bits per heavy atom. The Labute approximate surface area is 180 Å². The average molecular weight is 418 g/mol. The van der Waals surface area contributed by atoms with Gasteiger partial charge in [-0.05, 0) is 54.7 Å². The molecule has 0 amide bonds. The molecule has 5 heteroatoms. The molecule has 2 N–H and O–H groups in total. The molecule has 1 heterocycles. The van der Waals surface area contributed by atoms with Crippen LogP contribution in [0, 0.1) is 13.8 Å². The maximum absolute atomic E-state index is 10.5. The second-order valence-corrected chi connectivity index (χ2v) is 8.97. The number of benzene rings is 2. The number of piperazine rings is 1. The zero-order valence-corrected chi connectivity index (χ0v) is 18.8. The standard InChI is InChI=1S/C24H33ClN2O2/c1-17(2)22-8-5-18(3)13-24(22)29-16-21(28)15-26-9-11-27(12-10-26)23-14-20(25)7-6-19(23)4/h5-8,13-14,17,21,28H,9-12,15-16H2,1-4H3/p+1/t21-/m0/s1. The molecular weight excluding hydrogens is 384 g/mol. The Hall–Kier alpha value is -1.75. The first-order valence-corrected chi connectivity index (χ1v) is 11.0. The summed E-state index contributed by atoms with van der Waals surface area (Å²) in [6.45, 7) is 13.5. The van der Waals surface area contributed by atoms with Crippen molar-refractivity contribution in [2.45, 2.75) is 39.7 Å². The summed E-state index contributed by atoms with van der Waals surface area (Å²) in [5.41, 5.74) is 4.85. The fraction of sp³-hybridized carbons (Fsp3) is 0.500. The molecule has 2 aromatic carbocycles. The van der Waals surface area contributed by atoms with Crippen LogP contribution in [0.25, 0.3) is 0 Å². The molecule has 3 rings (SSSR count). The van der Waals surface area contributed by atoms with E-state index in [2.05, 4.69) is 62.9 Å². The van der Waals surface area contributed by atoms with Gasteiger partial charge < -0.3 is 19.6 Å². The van der Waals surface area contributed by atoms with Crippen LogP contribution in [-0.2, 0) is 0 Å². The molecule has 0 saturated carbocycles. The maximum Gasteiger partial charge on any atom is 0.137 e. The molecule has 0 radical (unpaired) electrons. The van der Waals surface area contributed by atoms with Crippen LogP contribution in [0.15, 0.2) is 36.4 Å². The Kier molecular flexibility index (Phi) is 7.44. The van der Waals surface area contributed by atoms with Crippen LogP contribution in [0.4, 0.5) is 5.69 Å². The molecule has 1 atom stereocenters. The first-order valence-electron chi connectivity index (χ1n) is 10.6. The monoisotopic (exact) mass is 417 g/mol. The van der Waals surface area contributed by atoms with Gasteiger partial charge in [-0.3, -0.25) is 0 Å². The van der Waals surface area contributed by atoms with Crippen molar-refractivity contribution in [1.29, 1.82) is 0 Å². The van der Waals surface area contributed by atoms with Crippen molar-refractivity contribution in [3.63, 3.8) is 0 Å². The number of nitrogens with zero attached hydrogens (tertiary/aromatic N) is 1. The SMILES string of the molecule is Cc1ccc(C(C)C)c(OC[C@@H](O)C[NH+]2CCN(c3cc(Cl)ccc3C)CC2)c1. The molecule has 0 unspecified atom stereocenters. The molecule has 4 nitrogen and oxygen atoms in total. The van der Waals surface area contributed by atoms with Gasteiger partial charge in [0.25, 0.3) is 0 Å². The number of aliphatic hydroxyl groups excluding tert-OH is 1. The van der Waals surface area contributed by atoms with Gasteiger partial charge >= 0.3 is 0 Å². The lowest BCUT2D eigenvalue weighted by atomic mass is 10.0. The topological polar surface area (TPSA) is 37.1 Å². The number of rotatable bonds is 7. The van der Waals surface area contributed by atoms with Crippen LogP contribution in [0.2, 0.25) is 5.02 Å². The van der Waals surface area contributed by atoms with Crippen LogP contribution < -0.4 is 14.5 Å². The maximum atomic E-state index is 10.5. The van der Waals surface area contributed by atoms with Crippen molar-refractivity contribution in [2.75, 3.05) is 44.2 Å². The van der Waals surface area contributed by atoms with Crippen molar-refractivity contribution in [2.24, 2.45) is 0 Å². The lowest BCUT2D eigenvalue weighted by Gasteiger charge is -2.35. The average Bonchev–Trinajstić information content (AvgIpc) is 2.69.